The highest BCUT2D eigenvalue weighted by molar-refractivity contribution is 5.69. The van der Waals surface area contributed by atoms with Gasteiger partial charge in [0.1, 0.15) is 18.8 Å². The van der Waals surface area contributed by atoms with Crippen molar-refractivity contribution in [3.8, 4) is 17.2 Å². The van der Waals surface area contributed by atoms with Crippen LogP contribution in [0.4, 0.5) is 0 Å². The average molecular weight is 259 g/mol. The van der Waals surface area contributed by atoms with Crippen molar-refractivity contribution >= 4 is 6.08 Å². The molecule has 0 bridgehead atoms. The number of piperidine rings is 1. The molecule has 0 aliphatic carbocycles. The monoisotopic (exact) mass is 259 g/mol. The zero-order valence-corrected chi connectivity index (χ0v) is 10.8. The van der Waals surface area contributed by atoms with Crippen molar-refractivity contribution in [2.24, 2.45) is 0 Å². The first-order valence-electron chi connectivity index (χ1n) is 6.88. The molecule has 19 heavy (non-hydrogen) atoms. The molecule has 0 aromatic heterocycles. The number of benzene rings is 1. The molecule has 3 aliphatic rings. The number of fused-ring (bicyclic) bond motifs is 3. The largest absolute Gasteiger partial charge is 0.486 e. The summed E-state index contributed by atoms with van der Waals surface area (Å²) in [6.45, 7) is 3.18. The van der Waals surface area contributed by atoms with Crippen LogP contribution in [0.3, 0.4) is 0 Å². The van der Waals surface area contributed by atoms with Crippen molar-refractivity contribution in [3.05, 3.63) is 23.8 Å². The van der Waals surface area contributed by atoms with Crippen LogP contribution in [0.2, 0.25) is 0 Å². The molecular formula is C15H17NO3. The Balaban J connectivity index is 1.76. The van der Waals surface area contributed by atoms with E-state index in [0.29, 0.717) is 13.2 Å². The molecule has 0 amide bonds. The summed E-state index contributed by atoms with van der Waals surface area (Å²) in [6, 6.07) is 3.99. The summed E-state index contributed by atoms with van der Waals surface area (Å²) in [5, 5.41) is 3.37. The van der Waals surface area contributed by atoms with Gasteiger partial charge in [-0.15, -0.1) is 0 Å². The molecule has 3 heterocycles. The molecule has 3 aliphatic heterocycles. The van der Waals surface area contributed by atoms with Crippen LogP contribution in [0.25, 0.3) is 6.08 Å². The van der Waals surface area contributed by atoms with E-state index in [9.17, 15) is 0 Å². The van der Waals surface area contributed by atoms with E-state index in [4.69, 9.17) is 14.2 Å². The van der Waals surface area contributed by atoms with Gasteiger partial charge >= 0.3 is 0 Å². The summed E-state index contributed by atoms with van der Waals surface area (Å²) in [4.78, 5) is 0. The molecule has 0 unspecified atom stereocenters. The molecule has 1 N–H and O–H groups in total. The van der Waals surface area contributed by atoms with E-state index in [1.807, 2.05) is 12.1 Å². The van der Waals surface area contributed by atoms with E-state index in [1.54, 1.807) is 0 Å². The van der Waals surface area contributed by atoms with Gasteiger partial charge in [-0.3, -0.25) is 0 Å². The SMILES string of the molecule is C1=CC2(CCNCC2)Oc2c1ccc1c2OCCO1. The highest BCUT2D eigenvalue weighted by Gasteiger charge is 2.36. The third kappa shape index (κ3) is 1.78. The second-order valence-corrected chi connectivity index (χ2v) is 5.26. The van der Waals surface area contributed by atoms with Crippen molar-refractivity contribution in [2.45, 2.75) is 18.4 Å². The third-order valence-electron chi connectivity index (χ3n) is 4.02. The van der Waals surface area contributed by atoms with Crippen LogP contribution in [0.1, 0.15) is 18.4 Å². The van der Waals surface area contributed by atoms with Gasteiger partial charge in [-0.25, -0.2) is 0 Å². The zero-order chi connectivity index (χ0) is 12.7. The van der Waals surface area contributed by atoms with Crippen molar-refractivity contribution < 1.29 is 14.2 Å². The molecule has 1 fully saturated rings. The quantitative estimate of drug-likeness (QED) is 0.773. The Morgan fingerprint density at radius 1 is 1.00 bits per heavy atom. The van der Waals surface area contributed by atoms with Crippen LogP contribution >= 0.6 is 0 Å². The summed E-state index contributed by atoms with van der Waals surface area (Å²) in [5.74, 6) is 2.41. The number of rotatable bonds is 0. The van der Waals surface area contributed by atoms with Crippen LogP contribution in [-0.2, 0) is 0 Å². The molecule has 1 aromatic rings. The Morgan fingerprint density at radius 3 is 2.74 bits per heavy atom. The van der Waals surface area contributed by atoms with Crippen molar-refractivity contribution in [1.82, 2.24) is 5.32 Å². The lowest BCUT2D eigenvalue weighted by atomic mass is 9.89. The molecule has 4 nitrogen and oxygen atoms in total. The fraction of sp³-hybridized carbons (Fsp3) is 0.467. The van der Waals surface area contributed by atoms with E-state index < -0.39 is 0 Å². The number of nitrogens with one attached hydrogen (secondary N) is 1. The fourth-order valence-corrected chi connectivity index (χ4v) is 2.94. The smallest absolute Gasteiger partial charge is 0.204 e. The summed E-state index contributed by atoms with van der Waals surface area (Å²) in [7, 11) is 0. The second-order valence-electron chi connectivity index (χ2n) is 5.26. The molecular weight excluding hydrogens is 242 g/mol. The Hall–Kier alpha value is -1.68. The van der Waals surface area contributed by atoms with E-state index >= 15 is 0 Å². The lowest BCUT2D eigenvalue weighted by Gasteiger charge is -2.39. The van der Waals surface area contributed by atoms with Gasteiger partial charge in [-0.1, -0.05) is 6.08 Å². The Bertz CT molecular complexity index is 532. The van der Waals surface area contributed by atoms with Gasteiger partial charge in [0.25, 0.3) is 0 Å². The Kier molecular flexibility index (Phi) is 2.45. The predicted molar refractivity (Wildman–Crippen MR) is 71.9 cm³/mol. The highest BCUT2D eigenvalue weighted by Crippen LogP contribution is 2.47. The minimum absolute atomic E-state index is 0.172. The van der Waals surface area contributed by atoms with Crippen LogP contribution in [0, 0.1) is 0 Å². The first-order valence-corrected chi connectivity index (χ1v) is 6.88. The minimum Gasteiger partial charge on any atom is -0.486 e. The average Bonchev–Trinajstić information content (AvgIpc) is 2.48. The summed E-state index contributed by atoms with van der Waals surface area (Å²) in [5.41, 5.74) is 0.905. The van der Waals surface area contributed by atoms with Crippen molar-refractivity contribution in [2.75, 3.05) is 26.3 Å². The topological polar surface area (TPSA) is 39.7 Å². The van der Waals surface area contributed by atoms with E-state index in [0.717, 1.165) is 48.7 Å². The fourth-order valence-electron chi connectivity index (χ4n) is 2.94. The maximum absolute atomic E-state index is 6.33. The lowest BCUT2D eigenvalue weighted by molar-refractivity contribution is 0.0725. The van der Waals surface area contributed by atoms with E-state index in [2.05, 4.69) is 17.5 Å². The van der Waals surface area contributed by atoms with Gasteiger partial charge in [0.15, 0.2) is 11.5 Å². The van der Waals surface area contributed by atoms with Crippen LogP contribution in [0.5, 0.6) is 17.2 Å². The second kappa shape index (κ2) is 4.17. The first-order chi connectivity index (χ1) is 9.36. The molecule has 4 heteroatoms. The van der Waals surface area contributed by atoms with Crippen molar-refractivity contribution in [3.63, 3.8) is 0 Å². The van der Waals surface area contributed by atoms with Gasteiger partial charge < -0.3 is 19.5 Å². The molecule has 0 radical (unpaired) electrons. The van der Waals surface area contributed by atoms with Crippen LogP contribution in [0.15, 0.2) is 18.2 Å². The van der Waals surface area contributed by atoms with Crippen molar-refractivity contribution in [1.29, 1.82) is 0 Å². The molecule has 1 saturated heterocycles. The minimum atomic E-state index is -0.172. The maximum atomic E-state index is 6.33. The number of hydrogen-bond donors (Lipinski definition) is 1. The number of hydrogen-bond acceptors (Lipinski definition) is 4. The molecule has 1 aromatic carbocycles. The maximum Gasteiger partial charge on any atom is 0.204 e. The van der Waals surface area contributed by atoms with Gasteiger partial charge in [0.05, 0.1) is 0 Å². The van der Waals surface area contributed by atoms with Crippen LogP contribution in [-0.4, -0.2) is 31.9 Å². The van der Waals surface area contributed by atoms with E-state index in [1.165, 1.54) is 0 Å². The Labute approximate surface area is 112 Å². The highest BCUT2D eigenvalue weighted by atomic mass is 16.6. The molecule has 100 valence electrons. The first kappa shape index (κ1) is 11.2. The van der Waals surface area contributed by atoms with Crippen LogP contribution < -0.4 is 19.5 Å². The van der Waals surface area contributed by atoms with Gasteiger partial charge in [0, 0.05) is 18.4 Å². The third-order valence-corrected chi connectivity index (χ3v) is 4.02. The predicted octanol–water partition coefficient (Wildman–Crippen LogP) is 1.99. The summed E-state index contributed by atoms with van der Waals surface area (Å²) >= 11 is 0. The summed E-state index contributed by atoms with van der Waals surface area (Å²) < 4.78 is 17.7. The summed E-state index contributed by atoms with van der Waals surface area (Å²) in [6.07, 6.45) is 6.34. The van der Waals surface area contributed by atoms with Gasteiger partial charge in [-0.2, -0.15) is 0 Å². The molecule has 1 spiro atoms. The van der Waals surface area contributed by atoms with Gasteiger partial charge in [-0.05, 0) is 31.3 Å². The normalized spacial score (nSPS) is 22.7. The molecule has 0 atom stereocenters. The zero-order valence-electron chi connectivity index (χ0n) is 10.8. The van der Waals surface area contributed by atoms with Gasteiger partial charge in [0.2, 0.25) is 5.75 Å². The lowest BCUT2D eigenvalue weighted by Crippen LogP contribution is -2.45. The molecule has 0 saturated carbocycles. The Morgan fingerprint density at radius 2 is 1.84 bits per heavy atom. The van der Waals surface area contributed by atoms with E-state index in [-0.39, 0.29) is 5.60 Å². The number of ether oxygens (including phenoxy) is 3. The standard InChI is InChI=1S/C15H17NO3/c1-2-12-14(18-10-9-17-12)13-11(1)3-4-15(19-13)5-7-16-8-6-15/h1-4,16H,5-10H2. The molecule has 4 rings (SSSR count).